The van der Waals surface area contributed by atoms with Gasteiger partial charge in [-0.15, -0.1) is 0 Å². The first-order chi connectivity index (χ1) is 13.0. The van der Waals surface area contributed by atoms with Gasteiger partial charge in [-0.2, -0.15) is 0 Å². The van der Waals surface area contributed by atoms with Gasteiger partial charge in [0.05, 0.1) is 0 Å². The molecule has 1 atom stereocenters. The first kappa shape index (κ1) is 18.8. The average molecular weight is 366 g/mol. The molecule has 27 heavy (non-hydrogen) atoms. The molecule has 1 heterocycles. The molecule has 0 saturated carbocycles. The van der Waals surface area contributed by atoms with Gasteiger partial charge in [0.2, 0.25) is 5.91 Å². The lowest BCUT2D eigenvalue weighted by Crippen LogP contribution is -2.41. The SMILES string of the molecule is CC(CNC(=O)Nc1cccc(N2CCCC2=O)c1)N(C)c1ccccc1. The first-order valence-corrected chi connectivity index (χ1v) is 9.28. The number of hydrogen-bond donors (Lipinski definition) is 2. The molecule has 6 nitrogen and oxygen atoms in total. The van der Waals surface area contributed by atoms with Crippen molar-refractivity contribution in [3.05, 3.63) is 54.6 Å². The fourth-order valence-corrected chi connectivity index (χ4v) is 3.14. The normalized spacial score (nSPS) is 14.7. The lowest BCUT2D eigenvalue weighted by atomic mass is 10.2. The largest absolute Gasteiger partial charge is 0.370 e. The van der Waals surface area contributed by atoms with Crippen LogP contribution in [0.2, 0.25) is 0 Å². The lowest BCUT2D eigenvalue weighted by molar-refractivity contribution is -0.117. The molecule has 142 valence electrons. The van der Waals surface area contributed by atoms with E-state index in [1.54, 1.807) is 4.90 Å². The fraction of sp³-hybridized carbons (Fsp3) is 0.333. The molecule has 1 aliphatic heterocycles. The summed E-state index contributed by atoms with van der Waals surface area (Å²) in [4.78, 5) is 28.0. The maximum absolute atomic E-state index is 12.3. The zero-order chi connectivity index (χ0) is 19.2. The molecule has 1 unspecified atom stereocenters. The van der Waals surface area contributed by atoms with Crippen LogP contribution in [0.3, 0.4) is 0 Å². The van der Waals surface area contributed by atoms with Crippen molar-refractivity contribution >= 4 is 29.0 Å². The average Bonchev–Trinajstić information content (AvgIpc) is 3.12. The molecule has 2 N–H and O–H groups in total. The zero-order valence-electron chi connectivity index (χ0n) is 15.8. The molecule has 1 fully saturated rings. The van der Waals surface area contributed by atoms with Crippen LogP contribution in [0, 0.1) is 0 Å². The minimum atomic E-state index is -0.256. The molecule has 6 heteroatoms. The highest BCUT2D eigenvalue weighted by atomic mass is 16.2. The second-order valence-electron chi connectivity index (χ2n) is 6.83. The van der Waals surface area contributed by atoms with Crippen LogP contribution in [0.5, 0.6) is 0 Å². The standard InChI is InChI=1S/C21H26N4O2/c1-16(24(2)18-9-4-3-5-10-18)15-22-21(27)23-17-8-6-11-19(14-17)25-13-7-12-20(25)26/h3-6,8-11,14,16H,7,12-13,15H2,1-2H3,(H2,22,23,27). The Balaban J connectivity index is 1.53. The second kappa shape index (κ2) is 8.58. The number of para-hydroxylation sites is 1. The van der Waals surface area contributed by atoms with E-state index in [1.807, 2.05) is 61.6 Å². The predicted molar refractivity (Wildman–Crippen MR) is 109 cm³/mol. The summed E-state index contributed by atoms with van der Waals surface area (Å²) in [6.45, 7) is 3.31. The zero-order valence-corrected chi connectivity index (χ0v) is 15.8. The summed E-state index contributed by atoms with van der Waals surface area (Å²) in [5, 5.41) is 5.76. The second-order valence-corrected chi connectivity index (χ2v) is 6.83. The topological polar surface area (TPSA) is 64.7 Å². The molecule has 0 bridgehead atoms. The monoisotopic (exact) mass is 366 g/mol. The molecule has 0 aromatic heterocycles. The Kier molecular flexibility index (Phi) is 5.96. The molecule has 3 rings (SSSR count). The van der Waals surface area contributed by atoms with E-state index in [-0.39, 0.29) is 18.0 Å². The van der Waals surface area contributed by atoms with Gasteiger partial charge in [-0.25, -0.2) is 4.79 Å². The molecule has 0 aliphatic carbocycles. The Morgan fingerprint density at radius 2 is 1.96 bits per heavy atom. The van der Waals surface area contributed by atoms with E-state index in [0.29, 0.717) is 18.7 Å². The third-order valence-electron chi connectivity index (χ3n) is 4.87. The number of carbonyl (C=O) groups excluding carboxylic acids is 2. The highest BCUT2D eigenvalue weighted by Crippen LogP contribution is 2.24. The molecule has 2 aromatic carbocycles. The van der Waals surface area contributed by atoms with Crippen molar-refractivity contribution in [3.8, 4) is 0 Å². The van der Waals surface area contributed by atoms with Gasteiger partial charge in [0.1, 0.15) is 0 Å². The van der Waals surface area contributed by atoms with Crippen molar-refractivity contribution in [1.29, 1.82) is 0 Å². The van der Waals surface area contributed by atoms with Gasteiger partial charge in [-0.3, -0.25) is 4.79 Å². The van der Waals surface area contributed by atoms with Crippen molar-refractivity contribution < 1.29 is 9.59 Å². The van der Waals surface area contributed by atoms with Gasteiger partial charge in [0, 0.05) is 49.7 Å². The van der Waals surface area contributed by atoms with Gasteiger partial charge in [0.15, 0.2) is 0 Å². The number of rotatable bonds is 6. The van der Waals surface area contributed by atoms with Crippen LogP contribution in [0.4, 0.5) is 21.9 Å². The number of nitrogens with one attached hydrogen (secondary N) is 2. The molecular formula is C21H26N4O2. The van der Waals surface area contributed by atoms with Crippen LogP contribution >= 0.6 is 0 Å². The van der Waals surface area contributed by atoms with Gasteiger partial charge in [-0.05, 0) is 43.7 Å². The molecular weight excluding hydrogens is 340 g/mol. The number of hydrogen-bond acceptors (Lipinski definition) is 3. The summed E-state index contributed by atoms with van der Waals surface area (Å²) in [6, 6.07) is 17.4. The number of anilines is 3. The van der Waals surface area contributed by atoms with Crippen LogP contribution in [-0.4, -0.2) is 38.1 Å². The number of likely N-dealkylation sites (N-methyl/N-ethyl adjacent to an activating group) is 1. The third kappa shape index (κ3) is 4.78. The molecule has 0 spiro atoms. The summed E-state index contributed by atoms with van der Waals surface area (Å²) in [5.41, 5.74) is 2.61. The van der Waals surface area contributed by atoms with Gasteiger partial charge >= 0.3 is 6.03 Å². The number of amides is 3. The van der Waals surface area contributed by atoms with E-state index in [9.17, 15) is 9.59 Å². The number of carbonyl (C=O) groups is 2. The quantitative estimate of drug-likeness (QED) is 0.823. The Morgan fingerprint density at radius 3 is 2.67 bits per heavy atom. The Labute approximate surface area is 160 Å². The highest BCUT2D eigenvalue weighted by Gasteiger charge is 2.21. The van der Waals surface area contributed by atoms with E-state index in [1.165, 1.54) is 0 Å². The first-order valence-electron chi connectivity index (χ1n) is 9.28. The van der Waals surface area contributed by atoms with Crippen LogP contribution in [0.1, 0.15) is 19.8 Å². The van der Waals surface area contributed by atoms with Crippen molar-refractivity contribution in [1.82, 2.24) is 5.32 Å². The number of benzene rings is 2. The van der Waals surface area contributed by atoms with Gasteiger partial charge in [-0.1, -0.05) is 24.3 Å². The maximum atomic E-state index is 12.3. The third-order valence-corrected chi connectivity index (χ3v) is 4.87. The molecule has 2 aromatic rings. The number of nitrogens with zero attached hydrogens (tertiary/aromatic N) is 2. The summed E-state index contributed by atoms with van der Waals surface area (Å²) < 4.78 is 0. The molecule has 3 amide bonds. The van der Waals surface area contributed by atoms with E-state index in [4.69, 9.17) is 0 Å². The molecule has 1 saturated heterocycles. The van der Waals surface area contributed by atoms with Crippen molar-refractivity contribution in [2.75, 3.05) is 35.3 Å². The van der Waals surface area contributed by atoms with E-state index in [0.717, 1.165) is 24.3 Å². The Hall–Kier alpha value is -3.02. The van der Waals surface area contributed by atoms with Crippen molar-refractivity contribution in [2.45, 2.75) is 25.8 Å². The minimum absolute atomic E-state index is 0.134. The van der Waals surface area contributed by atoms with Gasteiger partial charge in [0.25, 0.3) is 0 Å². The molecule has 0 radical (unpaired) electrons. The van der Waals surface area contributed by atoms with E-state index < -0.39 is 0 Å². The van der Waals surface area contributed by atoms with Crippen LogP contribution in [0.25, 0.3) is 0 Å². The fourth-order valence-electron chi connectivity index (χ4n) is 3.14. The van der Waals surface area contributed by atoms with E-state index in [2.05, 4.69) is 22.5 Å². The highest BCUT2D eigenvalue weighted by molar-refractivity contribution is 5.96. The summed E-state index contributed by atoms with van der Waals surface area (Å²) in [5.74, 6) is 0.134. The summed E-state index contributed by atoms with van der Waals surface area (Å²) in [7, 11) is 2.01. The minimum Gasteiger partial charge on any atom is -0.370 e. The summed E-state index contributed by atoms with van der Waals surface area (Å²) >= 11 is 0. The Morgan fingerprint density at radius 1 is 1.19 bits per heavy atom. The smallest absolute Gasteiger partial charge is 0.319 e. The van der Waals surface area contributed by atoms with Crippen LogP contribution < -0.4 is 20.4 Å². The van der Waals surface area contributed by atoms with Crippen molar-refractivity contribution in [2.24, 2.45) is 0 Å². The van der Waals surface area contributed by atoms with E-state index >= 15 is 0 Å². The lowest BCUT2D eigenvalue weighted by Gasteiger charge is -2.27. The van der Waals surface area contributed by atoms with Gasteiger partial charge < -0.3 is 20.4 Å². The summed E-state index contributed by atoms with van der Waals surface area (Å²) in [6.07, 6.45) is 1.47. The van der Waals surface area contributed by atoms with Crippen LogP contribution in [0.15, 0.2) is 54.6 Å². The van der Waals surface area contributed by atoms with Crippen molar-refractivity contribution in [3.63, 3.8) is 0 Å². The Bertz CT molecular complexity index is 794. The molecule has 1 aliphatic rings. The van der Waals surface area contributed by atoms with Crippen LogP contribution in [-0.2, 0) is 4.79 Å². The maximum Gasteiger partial charge on any atom is 0.319 e. The predicted octanol–water partition coefficient (Wildman–Crippen LogP) is 3.46. The number of urea groups is 1.